The molecule has 0 aromatic heterocycles. The second-order valence-corrected chi connectivity index (χ2v) is 10.2. The Morgan fingerprint density at radius 2 is 1.35 bits per heavy atom. The van der Waals surface area contributed by atoms with E-state index in [1.807, 2.05) is 12.1 Å². The zero-order valence-corrected chi connectivity index (χ0v) is 21.4. The van der Waals surface area contributed by atoms with E-state index in [1.54, 1.807) is 12.1 Å². The molecule has 2 aromatic carbocycles. The minimum absolute atomic E-state index is 0.00620. The van der Waals surface area contributed by atoms with E-state index in [0.29, 0.717) is 18.1 Å². The van der Waals surface area contributed by atoms with Crippen LogP contribution in [0.4, 0.5) is 8.78 Å². The van der Waals surface area contributed by atoms with Gasteiger partial charge in [-0.05, 0) is 67.2 Å². The van der Waals surface area contributed by atoms with Crippen LogP contribution in [0.15, 0.2) is 36.4 Å². The Bertz CT molecular complexity index is 837. The highest BCUT2D eigenvalue weighted by Gasteiger charge is 2.22. The third-order valence-electron chi connectivity index (χ3n) is 7.56. The fourth-order valence-corrected chi connectivity index (χ4v) is 5.33. The van der Waals surface area contributed by atoms with Crippen molar-refractivity contribution in [3.63, 3.8) is 0 Å². The number of ether oxygens (including phenoxy) is 1. The molecule has 188 valence electrons. The standard InChI is InChI=1S/C31H44F2O/c1-3-5-7-8-9-10-12-24-13-15-25(16-14-24)26-17-19-27(20-18-26)28-21-22-29(31(33)30(28)32)34-23-11-6-4-2/h17-22,24-25H,3-16,23H2,1-2H3. The average Bonchev–Trinajstić information content (AvgIpc) is 2.87. The molecule has 1 aliphatic rings. The summed E-state index contributed by atoms with van der Waals surface area (Å²) in [5, 5.41) is 0. The average molecular weight is 471 g/mol. The number of benzene rings is 2. The van der Waals surface area contributed by atoms with E-state index >= 15 is 0 Å². The summed E-state index contributed by atoms with van der Waals surface area (Å²) in [6.07, 6.45) is 17.7. The molecular weight excluding hydrogens is 426 g/mol. The van der Waals surface area contributed by atoms with Gasteiger partial charge in [-0.2, -0.15) is 4.39 Å². The Morgan fingerprint density at radius 1 is 0.706 bits per heavy atom. The van der Waals surface area contributed by atoms with Crippen LogP contribution in [0.1, 0.15) is 115 Å². The van der Waals surface area contributed by atoms with E-state index in [2.05, 4.69) is 26.0 Å². The summed E-state index contributed by atoms with van der Waals surface area (Å²) >= 11 is 0. The van der Waals surface area contributed by atoms with Crippen molar-refractivity contribution in [3.8, 4) is 16.9 Å². The maximum absolute atomic E-state index is 14.8. The van der Waals surface area contributed by atoms with Crippen LogP contribution in [-0.4, -0.2) is 6.61 Å². The van der Waals surface area contributed by atoms with Crippen molar-refractivity contribution in [1.82, 2.24) is 0 Å². The molecule has 3 heteroatoms. The summed E-state index contributed by atoms with van der Waals surface area (Å²) < 4.78 is 34.7. The van der Waals surface area contributed by atoms with Crippen LogP contribution < -0.4 is 4.74 Å². The maximum atomic E-state index is 14.8. The number of hydrogen-bond acceptors (Lipinski definition) is 1. The van der Waals surface area contributed by atoms with Crippen molar-refractivity contribution in [2.24, 2.45) is 5.92 Å². The predicted molar refractivity (Wildman–Crippen MR) is 140 cm³/mol. The molecule has 0 unspecified atom stereocenters. The van der Waals surface area contributed by atoms with Gasteiger partial charge in [-0.1, -0.05) is 95.9 Å². The van der Waals surface area contributed by atoms with Crippen molar-refractivity contribution >= 4 is 0 Å². The van der Waals surface area contributed by atoms with Gasteiger partial charge in [0, 0.05) is 5.56 Å². The van der Waals surface area contributed by atoms with Crippen LogP contribution in [0.2, 0.25) is 0 Å². The summed E-state index contributed by atoms with van der Waals surface area (Å²) in [5.74, 6) is -0.221. The van der Waals surface area contributed by atoms with Gasteiger partial charge in [-0.15, -0.1) is 0 Å². The maximum Gasteiger partial charge on any atom is 0.201 e. The molecule has 1 nitrogen and oxygen atoms in total. The minimum Gasteiger partial charge on any atom is -0.490 e. The van der Waals surface area contributed by atoms with Gasteiger partial charge in [0.25, 0.3) is 0 Å². The van der Waals surface area contributed by atoms with Gasteiger partial charge in [0.05, 0.1) is 6.61 Å². The van der Waals surface area contributed by atoms with Crippen LogP contribution in [0.5, 0.6) is 5.75 Å². The van der Waals surface area contributed by atoms with E-state index in [0.717, 1.165) is 30.7 Å². The second kappa shape index (κ2) is 14.5. The van der Waals surface area contributed by atoms with Gasteiger partial charge in [0.1, 0.15) is 0 Å². The number of hydrogen-bond donors (Lipinski definition) is 0. The van der Waals surface area contributed by atoms with Gasteiger partial charge in [-0.3, -0.25) is 0 Å². The molecule has 0 N–H and O–H groups in total. The summed E-state index contributed by atoms with van der Waals surface area (Å²) in [4.78, 5) is 0. The Kier molecular flexibility index (Phi) is 11.4. The fraction of sp³-hybridized carbons (Fsp3) is 0.613. The van der Waals surface area contributed by atoms with Crippen LogP contribution in [0.25, 0.3) is 11.1 Å². The highest BCUT2D eigenvalue weighted by Crippen LogP contribution is 2.39. The molecule has 1 fully saturated rings. The highest BCUT2D eigenvalue weighted by molar-refractivity contribution is 5.65. The molecule has 1 aliphatic carbocycles. The first-order chi connectivity index (χ1) is 16.6. The molecule has 0 spiro atoms. The fourth-order valence-electron chi connectivity index (χ4n) is 5.33. The van der Waals surface area contributed by atoms with Gasteiger partial charge < -0.3 is 4.74 Å². The summed E-state index contributed by atoms with van der Waals surface area (Å²) in [7, 11) is 0. The largest absolute Gasteiger partial charge is 0.490 e. The zero-order valence-electron chi connectivity index (χ0n) is 21.4. The first-order valence-electron chi connectivity index (χ1n) is 13.8. The van der Waals surface area contributed by atoms with Gasteiger partial charge >= 0.3 is 0 Å². The van der Waals surface area contributed by atoms with Crippen molar-refractivity contribution in [1.29, 1.82) is 0 Å². The number of rotatable bonds is 14. The van der Waals surface area contributed by atoms with E-state index in [1.165, 1.54) is 76.2 Å². The molecular formula is C31H44F2O. The Hall–Kier alpha value is -1.90. The lowest BCUT2D eigenvalue weighted by Gasteiger charge is -2.29. The monoisotopic (exact) mass is 470 g/mol. The summed E-state index contributed by atoms with van der Waals surface area (Å²) in [5.41, 5.74) is 2.35. The van der Waals surface area contributed by atoms with Crippen LogP contribution >= 0.6 is 0 Å². The summed E-state index contributed by atoms with van der Waals surface area (Å²) in [6, 6.07) is 11.3. The van der Waals surface area contributed by atoms with Crippen LogP contribution in [0, 0.1) is 17.6 Å². The van der Waals surface area contributed by atoms with Crippen molar-refractivity contribution in [2.45, 2.75) is 110 Å². The third-order valence-corrected chi connectivity index (χ3v) is 7.56. The van der Waals surface area contributed by atoms with E-state index in [9.17, 15) is 8.78 Å². The van der Waals surface area contributed by atoms with E-state index < -0.39 is 11.6 Å². The number of halogens is 2. The zero-order chi connectivity index (χ0) is 24.2. The Morgan fingerprint density at radius 3 is 2.06 bits per heavy atom. The van der Waals surface area contributed by atoms with E-state index in [4.69, 9.17) is 4.74 Å². The normalized spacial score (nSPS) is 18.2. The third kappa shape index (κ3) is 7.82. The first kappa shape index (κ1) is 26.7. The molecule has 0 amide bonds. The van der Waals surface area contributed by atoms with Crippen molar-refractivity contribution < 1.29 is 13.5 Å². The predicted octanol–water partition coefficient (Wildman–Crippen LogP) is 10.2. The van der Waals surface area contributed by atoms with E-state index in [-0.39, 0.29) is 5.75 Å². The topological polar surface area (TPSA) is 9.23 Å². The lowest BCUT2D eigenvalue weighted by atomic mass is 9.77. The second-order valence-electron chi connectivity index (χ2n) is 10.2. The minimum atomic E-state index is -0.887. The molecule has 0 radical (unpaired) electrons. The molecule has 34 heavy (non-hydrogen) atoms. The summed E-state index contributed by atoms with van der Waals surface area (Å²) in [6.45, 7) is 4.79. The molecule has 2 aromatic rings. The lowest BCUT2D eigenvalue weighted by Crippen LogP contribution is -2.13. The molecule has 0 bridgehead atoms. The van der Waals surface area contributed by atoms with Gasteiger partial charge in [0.15, 0.2) is 11.6 Å². The van der Waals surface area contributed by atoms with Crippen LogP contribution in [-0.2, 0) is 0 Å². The first-order valence-corrected chi connectivity index (χ1v) is 13.8. The lowest BCUT2D eigenvalue weighted by molar-refractivity contribution is 0.286. The molecule has 1 saturated carbocycles. The molecule has 0 saturated heterocycles. The van der Waals surface area contributed by atoms with Crippen LogP contribution in [0.3, 0.4) is 0 Å². The Balaban J connectivity index is 1.49. The van der Waals surface area contributed by atoms with Crippen molar-refractivity contribution in [3.05, 3.63) is 53.6 Å². The van der Waals surface area contributed by atoms with Gasteiger partial charge in [0.2, 0.25) is 5.82 Å². The van der Waals surface area contributed by atoms with Crippen molar-refractivity contribution in [2.75, 3.05) is 6.61 Å². The highest BCUT2D eigenvalue weighted by atomic mass is 19.2. The molecule has 0 aliphatic heterocycles. The Labute approximate surface area is 206 Å². The van der Waals surface area contributed by atoms with Gasteiger partial charge in [-0.25, -0.2) is 4.39 Å². The smallest absolute Gasteiger partial charge is 0.201 e. The molecule has 0 atom stereocenters. The molecule has 3 rings (SSSR count). The quantitative estimate of drug-likeness (QED) is 0.250. The number of unbranched alkanes of at least 4 members (excludes halogenated alkanes) is 7. The SMILES string of the molecule is CCCCCCCCC1CCC(c2ccc(-c3ccc(OCCCCC)c(F)c3F)cc2)CC1. The molecule has 0 heterocycles.